The van der Waals surface area contributed by atoms with E-state index in [0.29, 0.717) is 16.7 Å². The van der Waals surface area contributed by atoms with Gasteiger partial charge in [0.15, 0.2) is 0 Å². The Morgan fingerprint density at radius 1 is 1.00 bits per heavy atom. The Labute approximate surface area is 154 Å². The minimum Gasteiger partial charge on any atom is -0.478 e. The number of carboxylic acid groups (broad SMARTS) is 1. The van der Waals surface area contributed by atoms with Crippen molar-refractivity contribution in [1.29, 1.82) is 0 Å². The van der Waals surface area contributed by atoms with Crippen LogP contribution in [-0.2, 0) is 14.1 Å². The SMILES string of the molecule is Cc1on(C)c(=O)c1-c1ccc(-c2ccc3c(c2)c(C(=O)O)cn3C)cc1. The number of carbonyl (C=O) groups is 1. The molecule has 4 aromatic rings. The lowest BCUT2D eigenvalue weighted by molar-refractivity contribution is 0.0699. The van der Waals surface area contributed by atoms with E-state index in [4.69, 9.17) is 4.52 Å². The summed E-state index contributed by atoms with van der Waals surface area (Å²) in [6, 6.07) is 13.4. The molecule has 2 aromatic carbocycles. The van der Waals surface area contributed by atoms with Gasteiger partial charge >= 0.3 is 5.97 Å². The first-order chi connectivity index (χ1) is 12.9. The van der Waals surface area contributed by atoms with E-state index in [-0.39, 0.29) is 11.1 Å². The maximum atomic E-state index is 12.2. The molecule has 1 N–H and O–H groups in total. The van der Waals surface area contributed by atoms with Crippen LogP contribution >= 0.6 is 0 Å². The van der Waals surface area contributed by atoms with Crippen LogP contribution in [0.5, 0.6) is 0 Å². The predicted molar refractivity (Wildman–Crippen MR) is 103 cm³/mol. The molecular formula is C21H18N2O4. The molecule has 0 radical (unpaired) electrons. The highest BCUT2D eigenvalue weighted by Gasteiger charge is 2.15. The third-order valence-electron chi connectivity index (χ3n) is 4.85. The molecule has 0 unspecified atom stereocenters. The molecule has 0 saturated carbocycles. The Morgan fingerprint density at radius 3 is 2.22 bits per heavy atom. The van der Waals surface area contributed by atoms with Gasteiger partial charge in [0.1, 0.15) is 5.76 Å². The summed E-state index contributed by atoms with van der Waals surface area (Å²) in [5, 5.41) is 10.1. The van der Waals surface area contributed by atoms with E-state index in [9.17, 15) is 14.7 Å². The van der Waals surface area contributed by atoms with Crippen molar-refractivity contribution < 1.29 is 14.4 Å². The lowest BCUT2D eigenvalue weighted by atomic mass is 9.99. The van der Waals surface area contributed by atoms with Crippen molar-refractivity contribution in [2.45, 2.75) is 6.92 Å². The van der Waals surface area contributed by atoms with Gasteiger partial charge in [0, 0.05) is 31.2 Å². The van der Waals surface area contributed by atoms with Crippen molar-refractivity contribution in [2.75, 3.05) is 0 Å². The Balaban J connectivity index is 1.79. The van der Waals surface area contributed by atoms with E-state index in [2.05, 4.69) is 0 Å². The van der Waals surface area contributed by atoms with Gasteiger partial charge in [-0.1, -0.05) is 30.3 Å². The van der Waals surface area contributed by atoms with Crippen LogP contribution in [0.4, 0.5) is 0 Å². The van der Waals surface area contributed by atoms with E-state index in [0.717, 1.165) is 22.2 Å². The molecular weight excluding hydrogens is 344 g/mol. The van der Waals surface area contributed by atoms with Gasteiger partial charge in [-0.15, -0.1) is 0 Å². The number of aryl methyl sites for hydroxylation is 3. The summed E-state index contributed by atoms with van der Waals surface area (Å²) in [5.41, 5.74) is 4.18. The monoisotopic (exact) mass is 362 g/mol. The summed E-state index contributed by atoms with van der Waals surface area (Å²) in [6.45, 7) is 1.77. The fraction of sp³-hybridized carbons (Fsp3) is 0.143. The van der Waals surface area contributed by atoms with E-state index >= 15 is 0 Å². The van der Waals surface area contributed by atoms with Gasteiger partial charge in [-0.2, -0.15) is 4.74 Å². The van der Waals surface area contributed by atoms with Crippen molar-refractivity contribution in [3.8, 4) is 22.3 Å². The van der Waals surface area contributed by atoms with E-state index < -0.39 is 5.97 Å². The second kappa shape index (κ2) is 6.02. The fourth-order valence-electron chi connectivity index (χ4n) is 3.50. The Morgan fingerprint density at radius 2 is 1.63 bits per heavy atom. The number of fused-ring (bicyclic) bond motifs is 1. The molecule has 6 nitrogen and oxygen atoms in total. The first-order valence-electron chi connectivity index (χ1n) is 8.47. The zero-order chi connectivity index (χ0) is 19.3. The Hall–Kier alpha value is -3.54. The molecule has 0 bridgehead atoms. The quantitative estimate of drug-likeness (QED) is 0.601. The van der Waals surface area contributed by atoms with Crippen molar-refractivity contribution in [3.05, 3.63) is 70.3 Å². The minimum atomic E-state index is -0.945. The van der Waals surface area contributed by atoms with Gasteiger partial charge in [0.05, 0.1) is 11.1 Å². The standard InChI is InChI=1S/C21H18N2O4/c1-12-19(20(24)23(3)27-12)14-6-4-13(5-7-14)15-8-9-18-16(10-15)17(21(25)26)11-22(18)2/h4-11H,1-3H3,(H,25,26). The highest BCUT2D eigenvalue weighted by atomic mass is 16.5. The molecule has 0 aliphatic carbocycles. The number of hydrogen-bond acceptors (Lipinski definition) is 3. The zero-order valence-electron chi connectivity index (χ0n) is 15.2. The smallest absolute Gasteiger partial charge is 0.337 e. The molecule has 0 spiro atoms. The molecule has 136 valence electrons. The van der Waals surface area contributed by atoms with Crippen molar-refractivity contribution in [3.63, 3.8) is 0 Å². The lowest BCUT2D eigenvalue weighted by Crippen LogP contribution is -2.11. The van der Waals surface area contributed by atoms with Crippen LogP contribution in [0.15, 0.2) is 58.0 Å². The van der Waals surface area contributed by atoms with Gasteiger partial charge in [-0.3, -0.25) is 4.79 Å². The average Bonchev–Trinajstić information content (AvgIpc) is 3.11. The number of rotatable bonds is 3. The molecule has 0 saturated heterocycles. The number of aromatic nitrogens is 2. The second-order valence-electron chi connectivity index (χ2n) is 6.59. The molecule has 0 atom stereocenters. The van der Waals surface area contributed by atoms with Gasteiger partial charge in [-0.05, 0) is 35.7 Å². The van der Waals surface area contributed by atoms with Gasteiger partial charge in [0.25, 0.3) is 5.56 Å². The molecule has 0 amide bonds. The molecule has 0 aliphatic rings. The van der Waals surface area contributed by atoms with Crippen molar-refractivity contribution in [1.82, 2.24) is 9.31 Å². The van der Waals surface area contributed by atoms with Gasteiger partial charge in [-0.25, -0.2) is 4.79 Å². The van der Waals surface area contributed by atoms with Crippen molar-refractivity contribution >= 4 is 16.9 Å². The zero-order valence-corrected chi connectivity index (χ0v) is 15.2. The minimum absolute atomic E-state index is 0.169. The summed E-state index contributed by atoms with van der Waals surface area (Å²) < 4.78 is 8.37. The molecule has 2 aromatic heterocycles. The first-order valence-corrected chi connectivity index (χ1v) is 8.47. The van der Waals surface area contributed by atoms with E-state index in [1.165, 1.54) is 4.74 Å². The summed E-state index contributed by atoms with van der Waals surface area (Å²) in [4.78, 5) is 23.7. The van der Waals surface area contributed by atoms with Crippen LogP contribution in [0, 0.1) is 6.92 Å². The number of hydrogen-bond donors (Lipinski definition) is 1. The molecule has 2 heterocycles. The van der Waals surface area contributed by atoms with Crippen LogP contribution in [0.3, 0.4) is 0 Å². The van der Waals surface area contributed by atoms with E-state index in [1.54, 1.807) is 20.2 Å². The highest BCUT2D eigenvalue weighted by Crippen LogP contribution is 2.29. The Kier molecular flexibility index (Phi) is 3.77. The number of nitrogens with zero attached hydrogens (tertiary/aromatic N) is 2. The second-order valence-corrected chi connectivity index (χ2v) is 6.59. The maximum Gasteiger partial charge on any atom is 0.337 e. The van der Waals surface area contributed by atoms with Crippen LogP contribution in [-0.4, -0.2) is 20.4 Å². The van der Waals surface area contributed by atoms with Crippen LogP contribution in [0.1, 0.15) is 16.1 Å². The summed E-state index contributed by atoms with van der Waals surface area (Å²) in [5.74, 6) is -0.369. The van der Waals surface area contributed by atoms with Crippen molar-refractivity contribution in [2.24, 2.45) is 14.1 Å². The van der Waals surface area contributed by atoms with Crippen LogP contribution in [0.2, 0.25) is 0 Å². The summed E-state index contributed by atoms with van der Waals surface area (Å²) >= 11 is 0. The highest BCUT2D eigenvalue weighted by molar-refractivity contribution is 6.04. The lowest BCUT2D eigenvalue weighted by Gasteiger charge is -2.05. The van der Waals surface area contributed by atoms with Crippen LogP contribution < -0.4 is 5.56 Å². The fourth-order valence-corrected chi connectivity index (χ4v) is 3.50. The summed E-state index contributed by atoms with van der Waals surface area (Å²) in [6.07, 6.45) is 1.62. The number of benzene rings is 2. The van der Waals surface area contributed by atoms with E-state index in [1.807, 2.05) is 54.1 Å². The maximum absolute atomic E-state index is 12.2. The average molecular weight is 362 g/mol. The van der Waals surface area contributed by atoms with Gasteiger partial charge in [0.2, 0.25) is 0 Å². The van der Waals surface area contributed by atoms with Crippen LogP contribution in [0.25, 0.3) is 33.2 Å². The van der Waals surface area contributed by atoms with Gasteiger partial charge < -0.3 is 14.2 Å². The summed E-state index contributed by atoms with van der Waals surface area (Å²) in [7, 11) is 3.42. The normalized spacial score (nSPS) is 11.2. The molecule has 27 heavy (non-hydrogen) atoms. The molecule has 0 fully saturated rings. The Bertz CT molecular complexity index is 1240. The third-order valence-corrected chi connectivity index (χ3v) is 4.85. The number of carboxylic acids is 1. The number of aromatic carboxylic acids is 1. The largest absolute Gasteiger partial charge is 0.478 e. The topological polar surface area (TPSA) is 77.4 Å². The first kappa shape index (κ1) is 16.9. The molecule has 6 heteroatoms. The molecule has 0 aliphatic heterocycles. The molecule has 4 rings (SSSR count). The third kappa shape index (κ3) is 2.66. The predicted octanol–water partition coefficient (Wildman–Crippen LogP) is 3.81.